The normalized spacial score (nSPS) is 15.9. The zero-order valence-electron chi connectivity index (χ0n) is 19.1. The molecule has 0 spiro atoms. The smallest absolute Gasteiger partial charge is 0.321 e. The van der Waals surface area contributed by atoms with Crippen LogP contribution in [0, 0.1) is 5.82 Å². The topological polar surface area (TPSA) is 108 Å². The summed E-state index contributed by atoms with van der Waals surface area (Å²) in [5.41, 5.74) is 7.67. The number of piperazine rings is 1. The second-order valence-electron chi connectivity index (χ2n) is 7.93. The molecule has 0 aliphatic carbocycles. The molecule has 0 atom stereocenters. The molecular weight excluding hydrogens is 437 g/mol. The van der Waals surface area contributed by atoms with Gasteiger partial charge < -0.3 is 25.6 Å². The number of carbonyl (C=O) groups excluding carboxylic acids is 1. The molecule has 0 saturated carbocycles. The van der Waals surface area contributed by atoms with E-state index in [2.05, 4.69) is 25.2 Å². The van der Waals surface area contributed by atoms with E-state index < -0.39 is 0 Å². The number of amides is 2. The van der Waals surface area contributed by atoms with E-state index in [4.69, 9.17) is 10.5 Å². The summed E-state index contributed by atoms with van der Waals surface area (Å²) in [4.78, 5) is 29.3. The van der Waals surface area contributed by atoms with Gasteiger partial charge in [0.1, 0.15) is 12.4 Å². The molecule has 0 bridgehead atoms. The summed E-state index contributed by atoms with van der Waals surface area (Å²) in [7, 11) is 0. The van der Waals surface area contributed by atoms with Crippen LogP contribution in [0.3, 0.4) is 0 Å². The van der Waals surface area contributed by atoms with Crippen LogP contribution in [0.1, 0.15) is 18.9 Å². The van der Waals surface area contributed by atoms with Crippen LogP contribution in [-0.2, 0) is 6.42 Å². The molecule has 0 unspecified atom stereocenters. The van der Waals surface area contributed by atoms with E-state index in [0.29, 0.717) is 56.0 Å². The number of rotatable bonds is 6. The Morgan fingerprint density at radius 2 is 2.06 bits per heavy atom. The average molecular weight is 466 g/mol. The average Bonchev–Trinajstić information content (AvgIpc) is 3.08. The maximum absolute atomic E-state index is 13.7. The Labute approximate surface area is 197 Å². The summed E-state index contributed by atoms with van der Waals surface area (Å²) >= 11 is 0. The highest BCUT2D eigenvalue weighted by Crippen LogP contribution is 2.26. The Kier molecular flexibility index (Phi) is 7.36. The molecule has 1 saturated heterocycles. The number of pyridine rings is 1. The predicted molar refractivity (Wildman–Crippen MR) is 131 cm³/mol. The second-order valence-corrected chi connectivity index (χ2v) is 7.93. The Morgan fingerprint density at radius 3 is 2.85 bits per heavy atom. The van der Waals surface area contributed by atoms with Crippen LogP contribution < -0.4 is 20.7 Å². The van der Waals surface area contributed by atoms with Crippen LogP contribution in [0.2, 0.25) is 0 Å². The standard InChI is InChI=1S/C24H28FN7O2/c1-2-17-15-18(7-8-20(17)25)30-24(33)32-13-11-31(12-14-32)22-21(6-4-9-27-22)34-16-19-5-3-10-28-23(26)29-19/h3-4,6-10,15H,2,5,11-14,16H2,1H3,(H2,26,28)(H,30,33). The predicted octanol–water partition coefficient (Wildman–Crippen LogP) is 3.19. The molecule has 1 aromatic carbocycles. The van der Waals surface area contributed by atoms with E-state index >= 15 is 0 Å². The SMILES string of the molecule is CCc1cc(NC(=O)N2CCN(c3ncccc3OCC3=NC(N)=NC=CC3)CC2)ccc1F. The van der Waals surface area contributed by atoms with Gasteiger partial charge >= 0.3 is 6.03 Å². The molecule has 1 fully saturated rings. The number of carbonyl (C=O) groups is 1. The van der Waals surface area contributed by atoms with Gasteiger partial charge in [0.05, 0.1) is 5.71 Å². The van der Waals surface area contributed by atoms with Gasteiger partial charge in [0.15, 0.2) is 11.6 Å². The Balaban J connectivity index is 1.35. The van der Waals surface area contributed by atoms with Crippen molar-refractivity contribution in [1.29, 1.82) is 0 Å². The van der Waals surface area contributed by atoms with Crippen LogP contribution in [0.25, 0.3) is 0 Å². The number of aromatic nitrogens is 1. The van der Waals surface area contributed by atoms with Crippen LogP contribution >= 0.6 is 0 Å². The number of nitrogens with one attached hydrogen (secondary N) is 1. The largest absolute Gasteiger partial charge is 0.484 e. The number of ether oxygens (including phenoxy) is 1. The first-order valence-electron chi connectivity index (χ1n) is 11.3. The molecule has 4 rings (SSSR count). The lowest BCUT2D eigenvalue weighted by molar-refractivity contribution is 0.208. The number of nitrogens with zero attached hydrogens (tertiary/aromatic N) is 5. The summed E-state index contributed by atoms with van der Waals surface area (Å²) in [5.74, 6) is 1.31. The number of aryl methyl sites for hydroxylation is 1. The highest BCUT2D eigenvalue weighted by Gasteiger charge is 2.24. The van der Waals surface area contributed by atoms with Crippen molar-refractivity contribution in [3.8, 4) is 5.75 Å². The number of allylic oxidation sites excluding steroid dienone is 1. The van der Waals surface area contributed by atoms with Crippen molar-refractivity contribution in [2.45, 2.75) is 19.8 Å². The molecule has 34 heavy (non-hydrogen) atoms. The molecule has 2 aliphatic rings. The molecule has 2 aliphatic heterocycles. The van der Waals surface area contributed by atoms with Crippen molar-refractivity contribution in [3.63, 3.8) is 0 Å². The zero-order valence-corrected chi connectivity index (χ0v) is 19.1. The Bertz CT molecular complexity index is 1120. The van der Waals surface area contributed by atoms with Crippen molar-refractivity contribution >= 4 is 29.2 Å². The first-order chi connectivity index (χ1) is 16.5. The maximum atomic E-state index is 13.7. The van der Waals surface area contributed by atoms with Crippen molar-refractivity contribution in [1.82, 2.24) is 9.88 Å². The number of hydrogen-bond acceptors (Lipinski definition) is 7. The van der Waals surface area contributed by atoms with Gasteiger partial charge in [0.25, 0.3) is 0 Å². The second kappa shape index (κ2) is 10.8. The number of guanidine groups is 1. The summed E-state index contributed by atoms with van der Waals surface area (Å²) in [6, 6.07) is 8.12. The maximum Gasteiger partial charge on any atom is 0.321 e. The molecule has 3 heterocycles. The first-order valence-corrected chi connectivity index (χ1v) is 11.3. The Morgan fingerprint density at radius 1 is 1.24 bits per heavy atom. The minimum Gasteiger partial charge on any atom is -0.484 e. The van der Waals surface area contributed by atoms with E-state index in [-0.39, 0.29) is 24.4 Å². The Hall–Kier alpha value is -3.95. The highest BCUT2D eigenvalue weighted by atomic mass is 19.1. The molecule has 0 radical (unpaired) electrons. The molecule has 10 heteroatoms. The number of halogens is 1. The van der Waals surface area contributed by atoms with Gasteiger partial charge in [-0.2, -0.15) is 0 Å². The third-order valence-electron chi connectivity index (χ3n) is 5.63. The van der Waals surface area contributed by atoms with Gasteiger partial charge in [-0.15, -0.1) is 0 Å². The lowest BCUT2D eigenvalue weighted by Gasteiger charge is -2.35. The van der Waals surface area contributed by atoms with E-state index in [1.54, 1.807) is 29.4 Å². The van der Waals surface area contributed by atoms with Crippen molar-refractivity contribution in [3.05, 3.63) is 60.2 Å². The number of aliphatic imine (C=N–C) groups is 2. The molecule has 1 aromatic heterocycles. The molecular formula is C24H28FN7O2. The van der Waals surface area contributed by atoms with E-state index in [1.165, 1.54) is 6.07 Å². The molecule has 178 valence electrons. The highest BCUT2D eigenvalue weighted by molar-refractivity contribution is 5.98. The fourth-order valence-electron chi connectivity index (χ4n) is 3.79. The van der Waals surface area contributed by atoms with Crippen LogP contribution in [0.15, 0.2) is 58.8 Å². The van der Waals surface area contributed by atoms with Gasteiger partial charge in [-0.25, -0.2) is 24.2 Å². The quantitative estimate of drug-likeness (QED) is 0.681. The van der Waals surface area contributed by atoms with Gasteiger partial charge in [-0.1, -0.05) is 13.0 Å². The van der Waals surface area contributed by atoms with E-state index in [0.717, 1.165) is 11.5 Å². The third kappa shape index (κ3) is 5.69. The molecule has 2 amide bonds. The van der Waals surface area contributed by atoms with Gasteiger partial charge in [0, 0.05) is 50.7 Å². The summed E-state index contributed by atoms with van der Waals surface area (Å²) < 4.78 is 19.7. The minimum absolute atomic E-state index is 0.204. The summed E-state index contributed by atoms with van der Waals surface area (Å²) in [5, 5.41) is 2.87. The third-order valence-corrected chi connectivity index (χ3v) is 5.63. The lowest BCUT2D eigenvalue weighted by atomic mass is 10.1. The van der Waals surface area contributed by atoms with Crippen molar-refractivity contribution in [2.24, 2.45) is 15.7 Å². The molecule has 2 aromatic rings. The number of urea groups is 1. The van der Waals surface area contributed by atoms with Gasteiger partial charge in [-0.05, 0) is 42.3 Å². The monoisotopic (exact) mass is 465 g/mol. The number of hydrogen-bond donors (Lipinski definition) is 2. The van der Waals surface area contributed by atoms with Crippen molar-refractivity contribution < 1.29 is 13.9 Å². The minimum atomic E-state index is -0.262. The van der Waals surface area contributed by atoms with Crippen LogP contribution in [0.4, 0.5) is 20.7 Å². The first kappa shape index (κ1) is 23.2. The summed E-state index contributed by atoms with van der Waals surface area (Å²) in [6.45, 7) is 4.41. The number of nitrogens with two attached hydrogens (primary N) is 1. The summed E-state index contributed by atoms with van der Waals surface area (Å²) in [6.07, 6.45) is 6.41. The van der Waals surface area contributed by atoms with E-state index in [1.807, 2.05) is 25.1 Å². The van der Waals surface area contributed by atoms with Crippen molar-refractivity contribution in [2.75, 3.05) is 43.0 Å². The van der Waals surface area contributed by atoms with E-state index in [9.17, 15) is 9.18 Å². The van der Waals surface area contributed by atoms with Crippen LogP contribution in [0.5, 0.6) is 5.75 Å². The molecule has 9 nitrogen and oxygen atoms in total. The molecule has 3 N–H and O–H groups in total. The fraction of sp³-hybridized carbons (Fsp3) is 0.333. The number of benzene rings is 1. The zero-order chi connectivity index (χ0) is 23.9. The van der Waals surface area contributed by atoms with Crippen LogP contribution in [-0.4, -0.2) is 60.4 Å². The number of anilines is 2. The van der Waals surface area contributed by atoms with Gasteiger partial charge in [0.2, 0.25) is 5.96 Å². The lowest BCUT2D eigenvalue weighted by Crippen LogP contribution is -2.50. The van der Waals surface area contributed by atoms with Gasteiger partial charge in [-0.3, -0.25) is 0 Å². The fourth-order valence-corrected chi connectivity index (χ4v) is 3.79.